The molecule has 98 valence electrons. The lowest BCUT2D eigenvalue weighted by Gasteiger charge is -2.11. The quantitative estimate of drug-likeness (QED) is 0.625. The molecular weight excluding hydrogens is 235 g/mol. The number of nitrogens with one attached hydrogen (secondary N) is 1. The summed E-state index contributed by atoms with van der Waals surface area (Å²) >= 11 is 0. The average Bonchev–Trinajstić information content (AvgIpc) is 3.12. The molecule has 0 saturated heterocycles. The predicted molar refractivity (Wildman–Crippen MR) is 66.6 cm³/mol. The molecule has 18 heavy (non-hydrogen) atoms. The van der Waals surface area contributed by atoms with E-state index in [0.717, 1.165) is 18.5 Å². The maximum atomic E-state index is 13.1. The molecule has 0 amide bonds. The fourth-order valence-electron chi connectivity index (χ4n) is 2.14. The number of hydrogen-bond acceptors (Lipinski definition) is 3. The molecule has 1 aliphatic rings. The summed E-state index contributed by atoms with van der Waals surface area (Å²) in [5, 5.41) is 14.0. The van der Waals surface area contributed by atoms with Crippen LogP contribution in [0.15, 0.2) is 18.2 Å². The molecule has 0 spiro atoms. The second-order valence-electron chi connectivity index (χ2n) is 4.98. The predicted octanol–water partition coefficient (Wildman–Crippen LogP) is 2.87. The van der Waals surface area contributed by atoms with Crippen molar-refractivity contribution in [3.05, 3.63) is 39.7 Å². The van der Waals surface area contributed by atoms with Crippen LogP contribution >= 0.6 is 0 Å². The molecule has 1 fully saturated rings. The lowest BCUT2D eigenvalue weighted by molar-refractivity contribution is -0.385. The van der Waals surface area contributed by atoms with E-state index in [9.17, 15) is 14.5 Å². The van der Waals surface area contributed by atoms with Gasteiger partial charge in [0.15, 0.2) is 0 Å². The Kier molecular flexibility index (Phi) is 3.91. The molecule has 4 nitrogen and oxygen atoms in total. The van der Waals surface area contributed by atoms with Crippen LogP contribution in [0.5, 0.6) is 0 Å². The first kappa shape index (κ1) is 13.0. The Morgan fingerprint density at radius 1 is 1.56 bits per heavy atom. The van der Waals surface area contributed by atoms with E-state index >= 15 is 0 Å². The van der Waals surface area contributed by atoms with Crippen LogP contribution < -0.4 is 5.32 Å². The van der Waals surface area contributed by atoms with E-state index in [2.05, 4.69) is 12.2 Å². The topological polar surface area (TPSA) is 55.2 Å². The fraction of sp³-hybridized carbons (Fsp3) is 0.538. The summed E-state index contributed by atoms with van der Waals surface area (Å²) in [5.41, 5.74) is 0.381. The minimum atomic E-state index is -0.471. The zero-order valence-corrected chi connectivity index (χ0v) is 10.4. The second kappa shape index (κ2) is 5.44. The van der Waals surface area contributed by atoms with Crippen LogP contribution in [0.1, 0.15) is 25.3 Å². The van der Waals surface area contributed by atoms with Crippen LogP contribution in [0, 0.1) is 27.8 Å². The minimum absolute atomic E-state index is 0.0250. The van der Waals surface area contributed by atoms with Crippen molar-refractivity contribution in [1.29, 1.82) is 0 Å². The van der Waals surface area contributed by atoms with E-state index in [0.29, 0.717) is 18.0 Å². The minimum Gasteiger partial charge on any atom is -0.312 e. The van der Waals surface area contributed by atoms with Crippen LogP contribution in [0.25, 0.3) is 0 Å². The first-order chi connectivity index (χ1) is 8.58. The van der Waals surface area contributed by atoms with Gasteiger partial charge in [-0.3, -0.25) is 10.1 Å². The Morgan fingerprint density at radius 2 is 2.28 bits per heavy atom. The Labute approximate surface area is 105 Å². The summed E-state index contributed by atoms with van der Waals surface area (Å²) < 4.78 is 13.1. The van der Waals surface area contributed by atoms with Crippen LogP contribution in [-0.4, -0.2) is 11.5 Å². The van der Waals surface area contributed by atoms with Crippen LogP contribution in [-0.2, 0) is 6.54 Å². The van der Waals surface area contributed by atoms with E-state index in [1.807, 2.05) is 0 Å². The van der Waals surface area contributed by atoms with Crippen molar-refractivity contribution in [2.24, 2.45) is 11.8 Å². The van der Waals surface area contributed by atoms with Gasteiger partial charge in [-0.25, -0.2) is 4.39 Å². The molecule has 1 atom stereocenters. The summed E-state index contributed by atoms with van der Waals surface area (Å²) in [5.74, 6) is 0.935. The van der Waals surface area contributed by atoms with Crippen molar-refractivity contribution in [3.8, 4) is 0 Å². The number of benzene rings is 1. The van der Waals surface area contributed by atoms with Crippen LogP contribution in [0.4, 0.5) is 10.1 Å². The highest BCUT2D eigenvalue weighted by molar-refractivity contribution is 5.40. The van der Waals surface area contributed by atoms with Gasteiger partial charge in [-0.15, -0.1) is 0 Å². The molecule has 0 radical (unpaired) electrons. The molecular formula is C13H17FN2O2. The molecule has 1 aromatic rings. The fourth-order valence-corrected chi connectivity index (χ4v) is 2.14. The molecule has 1 aliphatic carbocycles. The third kappa shape index (κ3) is 3.26. The monoisotopic (exact) mass is 252 g/mol. The SMILES string of the molecule is CC(CNCc1cc(F)ccc1[N+](=O)[O-])C1CC1. The van der Waals surface area contributed by atoms with Gasteiger partial charge >= 0.3 is 0 Å². The number of nitrogens with zero attached hydrogens (tertiary/aromatic N) is 1. The number of nitro benzene ring substituents is 1. The number of hydrogen-bond donors (Lipinski definition) is 1. The highest BCUT2D eigenvalue weighted by Gasteiger charge is 2.27. The van der Waals surface area contributed by atoms with Crippen LogP contribution in [0.2, 0.25) is 0 Å². The lowest BCUT2D eigenvalue weighted by Crippen LogP contribution is -2.22. The van der Waals surface area contributed by atoms with Gasteiger partial charge < -0.3 is 5.32 Å². The van der Waals surface area contributed by atoms with Crippen molar-refractivity contribution < 1.29 is 9.31 Å². The zero-order chi connectivity index (χ0) is 13.1. The summed E-state index contributed by atoms with van der Waals surface area (Å²) in [6.07, 6.45) is 2.56. The third-order valence-corrected chi connectivity index (χ3v) is 3.45. The van der Waals surface area contributed by atoms with Crippen LogP contribution in [0.3, 0.4) is 0 Å². The highest BCUT2D eigenvalue weighted by atomic mass is 19.1. The largest absolute Gasteiger partial charge is 0.312 e. The van der Waals surface area contributed by atoms with Gasteiger partial charge in [0.05, 0.1) is 4.92 Å². The maximum Gasteiger partial charge on any atom is 0.274 e. The Hall–Kier alpha value is -1.49. The Balaban J connectivity index is 1.94. The summed E-state index contributed by atoms with van der Waals surface area (Å²) in [6.45, 7) is 3.33. The van der Waals surface area contributed by atoms with Gasteiger partial charge in [-0.1, -0.05) is 6.92 Å². The van der Waals surface area contributed by atoms with E-state index < -0.39 is 10.7 Å². The van der Waals surface area contributed by atoms with Gasteiger partial charge in [0, 0.05) is 18.2 Å². The first-order valence-electron chi connectivity index (χ1n) is 6.21. The van der Waals surface area contributed by atoms with Gasteiger partial charge in [0.1, 0.15) is 5.82 Å². The highest BCUT2D eigenvalue weighted by Crippen LogP contribution is 2.36. The van der Waals surface area contributed by atoms with Gasteiger partial charge in [-0.05, 0) is 43.4 Å². The molecule has 1 N–H and O–H groups in total. The maximum absolute atomic E-state index is 13.1. The number of nitro groups is 1. The van der Waals surface area contributed by atoms with Gasteiger partial charge in [0.2, 0.25) is 0 Å². The van der Waals surface area contributed by atoms with Crippen molar-refractivity contribution in [2.75, 3.05) is 6.54 Å². The Bertz CT molecular complexity index is 447. The van der Waals surface area contributed by atoms with Gasteiger partial charge in [-0.2, -0.15) is 0 Å². The lowest BCUT2D eigenvalue weighted by atomic mass is 10.1. The molecule has 1 aromatic carbocycles. The normalized spacial score (nSPS) is 16.6. The van der Waals surface area contributed by atoms with Crippen molar-refractivity contribution >= 4 is 5.69 Å². The van der Waals surface area contributed by atoms with E-state index in [4.69, 9.17) is 0 Å². The standard InChI is InChI=1S/C13H17FN2O2/c1-9(10-2-3-10)7-15-8-11-6-12(14)4-5-13(11)16(17)18/h4-6,9-10,15H,2-3,7-8H2,1H3. The van der Waals surface area contributed by atoms with Crippen molar-refractivity contribution in [1.82, 2.24) is 5.32 Å². The summed E-state index contributed by atoms with van der Waals surface area (Å²) in [4.78, 5) is 10.3. The van der Waals surface area contributed by atoms with Crippen molar-refractivity contribution in [3.63, 3.8) is 0 Å². The molecule has 1 saturated carbocycles. The smallest absolute Gasteiger partial charge is 0.274 e. The van der Waals surface area contributed by atoms with E-state index in [1.165, 1.54) is 25.0 Å². The zero-order valence-electron chi connectivity index (χ0n) is 10.4. The first-order valence-corrected chi connectivity index (χ1v) is 6.21. The summed E-state index contributed by atoms with van der Waals surface area (Å²) in [7, 11) is 0. The summed E-state index contributed by atoms with van der Waals surface area (Å²) in [6, 6.07) is 3.57. The van der Waals surface area contributed by atoms with Crippen molar-refractivity contribution in [2.45, 2.75) is 26.3 Å². The number of halogens is 1. The molecule has 5 heteroatoms. The molecule has 0 heterocycles. The second-order valence-corrected chi connectivity index (χ2v) is 4.98. The molecule has 2 rings (SSSR count). The molecule has 0 bridgehead atoms. The third-order valence-electron chi connectivity index (χ3n) is 3.45. The van der Waals surface area contributed by atoms with E-state index in [1.54, 1.807) is 0 Å². The number of rotatable bonds is 6. The Morgan fingerprint density at radius 3 is 2.89 bits per heavy atom. The average molecular weight is 252 g/mol. The molecule has 1 unspecified atom stereocenters. The molecule has 0 aliphatic heterocycles. The molecule has 0 aromatic heterocycles. The van der Waals surface area contributed by atoms with Gasteiger partial charge in [0.25, 0.3) is 5.69 Å². The van der Waals surface area contributed by atoms with E-state index in [-0.39, 0.29) is 5.69 Å².